The van der Waals surface area contributed by atoms with Crippen LogP contribution in [-0.2, 0) is 0 Å². The zero-order chi connectivity index (χ0) is 7.84. The van der Waals surface area contributed by atoms with Gasteiger partial charge in [-0.2, -0.15) is 8.75 Å². The molecule has 3 nitrogen and oxygen atoms in total. The Morgan fingerprint density at radius 2 is 2.18 bits per heavy atom. The highest BCUT2D eigenvalue weighted by atomic mass is 35.5. The molecule has 0 fully saturated rings. The number of fused-ring (bicyclic) bond motifs is 1. The molecule has 1 heterocycles. The lowest BCUT2D eigenvalue weighted by molar-refractivity contribution is 1.63. The number of hydrogen-bond acceptors (Lipinski definition) is 4. The predicted molar refractivity (Wildman–Crippen MR) is 46.8 cm³/mol. The smallest absolute Gasteiger partial charge is 0.129 e. The minimum Gasteiger partial charge on any atom is -0.396 e. The molecule has 5 heteroatoms. The number of rotatable bonds is 0. The third-order valence-corrected chi connectivity index (χ3v) is 2.29. The fourth-order valence-corrected chi connectivity index (χ4v) is 1.55. The van der Waals surface area contributed by atoms with Crippen molar-refractivity contribution in [2.24, 2.45) is 0 Å². The number of nitrogens with two attached hydrogens (primary N) is 1. The van der Waals surface area contributed by atoms with Gasteiger partial charge in [0.1, 0.15) is 11.0 Å². The third kappa shape index (κ3) is 0.948. The second kappa shape index (κ2) is 2.32. The van der Waals surface area contributed by atoms with E-state index in [-0.39, 0.29) is 0 Å². The molecular weight excluding hydrogens is 182 g/mol. The van der Waals surface area contributed by atoms with Gasteiger partial charge in [-0.3, -0.25) is 0 Å². The highest BCUT2D eigenvalue weighted by Gasteiger charge is 2.04. The van der Waals surface area contributed by atoms with Gasteiger partial charge in [0.15, 0.2) is 0 Å². The molecule has 0 atom stereocenters. The van der Waals surface area contributed by atoms with Gasteiger partial charge in [0.05, 0.1) is 22.4 Å². The van der Waals surface area contributed by atoms with Gasteiger partial charge < -0.3 is 5.73 Å². The predicted octanol–water partition coefficient (Wildman–Crippen LogP) is 1.93. The summed E-state index contributed by atoms with van der Waals surface area (Å²) >= 11 is 6.89. The first-order valence-electron chi connectivity index (χ1n) is 2.95. The number of anilines is 1. The molecule has 0 aliphatic rings. The summed E-state index contributed by atoms with van der Waals surface area (Å²) in [6.07, 6.45) is 0. The quantitative estimate of drug-likeness (QED) is 0.638. The summed E-state index contributed by atoms with van der Waals surface area (Å²) in [6.45, 7) is 0. The molecule has 0 amide bonds. The van der Waals surface area contributed by atoms with Crippen LogP contribution in [0.5, 0.6) is 0 Å². The number of nitrogens with zero attached hydrogens (tertiary/aromatic N) is 2. The fraction of sp³-hybridized carbons (Fsp3) is 0. The van der Waals surface area contributed by atoms with E-state index in [2.05, 4.69) is 8.75 Å². The number of nitrogen functional groups attached to an aromatic ring is 1. The van der Waals surface area contributed by atoms with Crippen LogP contribution in [0.4, 0.5) is 5.69 Å². The molecule has 0 saturated heterocycles. The molecule has 0 spiro atoms. The van der Waals surface area contributed by atoms with Crippen LogP contribution in [-0.4, -0.2) is 8.75 Å². The van der Waals surface area contributed by atoms with E-state index in [4.69, 9.17) is 17.3 Å². The molecule has 56 valence electrons. The van der Waals surface area contributed by atoms with E-state index in [0.29, 0.717) is 16.2 Å². The molecule has 0 aliphatic heterocycles. The Bertz CT molecular complexity index is 398. The van der Waals surface area contributed by atoms with Gasteiger partial charge in [-0.1, -0.05) is 11.6 Å². The van der Waals surface area contributed by atoms with Crippen molar-refractivity contribution in [3.05, 3.63) is 17.2 Å². The van der Waals surface area contributed by atoms with Crippen LogP contribution in [0.3, 0.4) is 0 Å². The highest BCUT2D eigenvalue weighted by Crippen LogP contribution is 2.26. The summed E-state index contributed by atoms with van der Waals surface area (Å²) in [5.74, 6) is 0. The normalized spacial score (nSPS) is 10.6. The summed E-state index contributed by atoms with van der Waals surface area (Å²) in [4.78, 5) is 0. The Morgan fingerprint density at radius 1 is 1.36 bits per heavy atom. The molecular formula is C6H4ClN3S. The molecule has 0 bridgehead atoms. The minimum absolute atomic E-state index is 0.512. The maximum absolute atomic E-state index is 5.76. The van der Waals surface area contributed by atoms with E-state index in [1.165, 1.54) is 0 Å². The fourth-order valence-electron chi connectivity index (χ4n) is 0.847. The molecule has 2 N–H and O–H groups in total. The summed E-state index contributed by atoms with van der Waals surface area (Å²) in [5.41, 5.74) is 7.65. The van der Waals surface area contributed by atoms with Gasteiger partial charge in [-0.15, -0.1) is 0 Å². The maximum atomic E-state index is 5.76. The molecule has 0 aliphatic carbocycles. The van der Waals surface area contributed by atoms with Gasteiger partial charge in [-0.25, -0.2) is 0 Å². The average molecular weight is 186 g/mol. The van der Waals surface area contributed by atoms with E-state index >= 15 is 0 Å². The molecule has 0 radical (unpaired) electrons. The van der Waals surface area contributed by atoms with E-state index in [1.807, 2.05) is 0 Å². The number of aromatic nitrogens is 2. The van der Waals surface area contributed by atoms with Crippen LogP contribution in [0.2, 0.25) is 5.02 Å². The van der Waals surface area contributed by atoms with Crippen molar-refractivity contribution < 1.29 is 0 Å². The standard InChI is InChI=1S/C6H4ClN3S/c7-3-1-2-4-6(5(3)8)10-11-9-4/h1-2H,8H2. The van der Waals surface area contributed by atoms with Gasteiger partial charge >= 0.3 is 0 Å². The third-order valence-electron chi connectivity index (χ3n) is 1.41. The average Bonchev–Trinajstić information content (AvgIpc) is 2.45. The number of halogens is 1. The Hall–Kier alpha value is -0.870. The second-order valence-corrected chi connectivity index (χ2v) is 3.03. The Labute approximate surface area is 72.1 Å². The topological polar surface area (TPSA) is 51.8 Å². The highest BCUT2D eigenvalue weighted by molar-refractivity contribution is 7.00. The minimum atomic E-state index is 0.512. The monoisotopic (exact) mass is 185 g/mol. The zero-order valence-electron chi connectivity index (χ0n) is 5.41. The summed E-state index contributed by atoms with van der Waals surface area (Å²) in [5, 5.41) is 0.533. The van der Waals surface area contributed by atoms with Crippen molar-refractivity contribution in [3.8, 4) is 0 Å². The summed E-state index contributed by atoms with van der Waals surface area (Å²) in [7, 11) is 0. The van der Waals surface area contributed by atoms with E-state index in [1.54, 1.807) is 12.1 Å². The van der Waals surface area contributed by atoms with Crippen molar-refractivity contribution in [2.75, 3.05) is 5.73 Å². The molecule has 2 rings (SSSR count). The molecule has 2 aromatic rings. The van der Waals surface area contributed by atoms with E-state index in [0.717, 1.165) is 17.2 Å². The SMILES string of the molecule is Nc1c(Cl)ccc2nsnc12. The van der Waals surface area contributed by atoms with Crippen molar-refractivity contribution in [1.82, 2.24) is 8.75 Å². The molecule has 1 aromatic carbocycles. The van der Waals surface area contributed by atoms with Gasteiger partial charge in [0, 0.05) is 0 Å². The second-order valence-electron chi connectivity index (χ2n) is 2.09. The Kier molecular flexibility index (Phi) is 1.44. The van der Waals surface area contributed by atoms with Crippen molar-refractivity contribution >= 4 is 40.0 Å². The summed E-state index contributed by atoms with van der Waals surface area (Å²) < 4.78 is 8.01. The summed E-state index contributed by atoms with van der Waals surface area (Å²) in [6, 6.07) is 3.53. The van der Waals surface area contributed by atoms with Crippen LogP contribution in [0.15, 0.2) is 12.1 Å². The number of hydrogen-bond donors (Lipinski definition) is 1. The van der Waals surface area contributed by atoms with Crippen molar-refractivity contribution in [3.63, 3.8) is 0 Å². The Balaban J connectivity index is 2.93. The van der Waals surface area contributed by atoms with Gasteiger partial charge in [0.2, 0.25) is 0 Å². The van der Waals surface area contributed by atoms with Gasteiger partial charge in [-0.05, 0) is 12.1 Å². The van der Waals surface area contributed by atoms with E-state index < -0.39 is 0 Å². The first-order valence-corrected chi connectivity index (χ1v) is 4.06. The lowest BCUT2D eigenvalue weighted by atomic mass is 10.3. The lowest BCUT2D eigenvalue weighted by Crippen LogP contribution is -1.87. The van der Waals surface area contributed by atoms with Crippen molar-refractivity contribution in [1.29, 1.82) is 0 Å². The Morgan fingerprint density at radius 3 is 3.00 bits per heavy atom. The lowest BCUT2D eigenvalue weighted by Gasteiger charge is -1.94. The molecule has 0 saturated carbocycles. The van der Waals surface area contributed by atoms with Crippen molar-refractivity contribution in [2.45, 2.75) is 0 Å². The molecule has 1 aromatic heterocycles. The number of benzene rings is 1. The zero-order valence-corrected chi connectivity index (χ0v) is 6.99. The molecule has 0 unspecified atom stereocenters. The first-order chi connectivity index (χ1) is 5.29. The van der Waals surface area contributed by atoms with Crippen LogP contribution in [0, 0.1) is 0 Å². The van der Waals surface area contributed by atoms with Gasteiger partial charge in [0.25, 0.3) is 0 Å². The van der Waals surface area contributed by atoms with Crippen LogP contribution in [0.25, 0.3) is 11.0 Å². The largest absolute Gasteiger partial charge is 0.396 e. The van der Waals surface area contributed by atoms with E-state index in [9.17, 15) is 0 Å². The van der Waals surface area contributed by atoms with Crippen LogP contribution < -0.4 is 5.73 Å². The van der Waals surface area contributed by atoms with Crippen LogP contribution >= 0.6 is 23.3 Å². The molecule has 11 heavy (non-hydrogen) atoms. The maximum Gasteiger partial charge on any atom is 0.129 e. The first kappa shape index (κ1) is 6.82. The van der Waals surface area contributed by atoms with Crippen LogP contribution in [0.1, 0.15) is 0 Å².